The molecule has 0 aliphatic rings. The summed E-state index contributed by atoms with van der Waals surface area (Å²) in [5, 5.41) is -15.5. The Morgan fingerprint density at radius 3 is 0.679 bits per heavy atom. The molecule has 0 bridgehead atoms. The minimum absolute atomic E-state index is 0. The molecule has 0 fully saturated rings. The van der Waals surface area contributed by atoms with E-state index in [1.165, 1.54) is 0 Å². The van der Waals surface area contributed by atoms with Gasteiger partial charge in [0.1, 0.15) is 0 Å². The van der Waals surface area contributed by atoms with Crippen molar-refractivity contribution in [2.45, 2.75) is 34.2 Å². The monoisotopic (exact) mass is 506 g/mol. The average molecular weight is 506 g/mol. The summed E-state index contributed by atoms with van der Waals surface area (Å²) in [6.45, 7) is 0. The maximum Gasteiger partial charge on any atom is 1.00 e. The largest absolute Gasteiger partial charge is 1.00 e. The fraction of sp³-hybridized carbons (Fsp3) is 1.00. The van der Waals surface area contributed by atoms with Crippen LogP contribution in [0.5, 0.6) is 0 Å². The normalized spacial score (nSPS) is 15.5. The van der Waals surface area contributed by atoms with Gasteiger partial charge in [-0.05, 0) is 0 Å². The van der Waals surface area contributed by atoms with Gasteiger partial charge in [0.05, 0.1) is 0 Å². The maximum absolute atomic E-state index is 12.9. The van der Waals surface area contributed by atoms with Gasteiger partial charge in [-0.3, -0.25) is 0 Å². The maximum atomic E-state index is 12.9. The van der Waals surface area contributed by atoms with Crippen LogP contribution in [0, 0.1) is 0 Å². The van der Waals surface area contributed by atoms with E-state index in [1.807, 2.05) is 0 Å². The van der Waals surface area contributed by atoms with Gasteiger partial charge in [-0.15, -0.1) is 0 Å². The van der Waals surface area contributed by atoms with Crippen molar-refractivity contribution in [1.29, 1.82) is 0 Å². The molecular formula is C6F12Na2O6S2. The molecule has 0 amide bonds. The third-order valence-corrected chi connectivity index (χ3v) is 4.31. The predicted molar refractivity (Wildman–Crippen MR) is 49.1 cm³/mol. The summed E-state index contributed by atoms with van der Waals surface area (Å²) >= 11 is 0. The number of hydrogen-bond acceptors (Lipinski definition) is 6. The molecule has 22 heteroatoms. The smallest absolute Gasteiger partial charge is 0.743 e. The van der Waals surface area contributed by atoms with Gasteiger partial charge < -0.3 is 9.11 Å². The van der Waals surface area contributed by atoms with E-state index in [9.17, 15) is 78.6 Å². The minimum atomic E-state index is -8.49. The van der Waals surface area contributed by atoms with Crippen LogP contribution in [-0.2, 0) is 20.2 Å². The molecular weight excluding hydrogens is 506 g/mol. The summed E-state index contributed by atoms with van der Waals surface area (Å²) in [5.74, 6) is -33.5. The van der Waals surface area contributed by atoms with Gasteiger partial charge in [0.25, 0.3) is 0 Å². The molecule has 0 rings (SSSR count). The molecule has 0 aromatic carbocycles. The van der Waals surface area contributed by atoms with Crippen LogP contribution in [0.3, 0.4) is 0 Å². The first-order chi connectivity index (χ1) is 10.8. The third kappa shape index (κ3) is 4.45. The molecule has 0 spiro atoms. The Bertz CT molecular complexity index is 712. The second-order valence-electron chi connectivity index (χ2n) is 4.24. The first kappa shape index (κ1) is 33.6. The second kappa shape index (κ2) is 8.49. The van der Waals surface area contributed by atoms with Crippen molar-refractivity contribution >= 4 is 20.2 Å². The number of alkyl halides is 12. The Morgan fingerprint density at radius 2 is 0.571 bits per heavy atom. The van der Waals surface area contributed by atoms with Crippen molar-refractivity contribution in [2.24, 2.45) is 0 Å². The van der Waals surface area contributed by atoms with E-state index in [0.717, 1.165) is 0 Å². The number of halogens is 12. The standard InChI is InChI=1S/C6H2F12O6S2.2Na/c7-1(8,3(11,12)5(15,16)25(19,20)21)2(9,10)4(13,14)6(17,18)26(22,23)24;;/h(H,19,20,21)(H,22,23,24);;/q;2*+1/p-2. The quantitative estimate of drug-likeness (QED) is 0.197. The molecule has 0 aliphatic heterocycles. The molecule has 0 N–H and O–H groups in total. The Balaban J connectivity index is -0.00000312. The molecule has 0 unspecified atom stereocenters. The molecule has 0 radical (unpaired) electrons. The van der Waals surface area contributed by atoms with Crippen LogP contribution in [0.25, 0.3) is 0 Å². The van der Waals surface area contributed by atoms with Crippen LogP contribution in [0.4, 0.5) is 52.7 Å². The summed E-state index contributed by atoms with van der Waals surface area (Å²) in [6, 6.07) is 0. The molecule has 0 saturated carbocycles. The van der Waals surface area contributed by atoms with Gasteiger partial charge in [-0.2, -0.15) is 52.7 Å². The molecule has 0 atom stereocenters. The van der Waals surface area contributed by atoms with Crippen molar-refractivity contribution in [3.05, 3.63) is 0 Å². The average Bonchev–Trinajstić information content (AvgIpc) is 2.34. The zero-order valence-corrected chi connectivity index (χ0v) is 18.4. The molecule has 158 valence electrons. The Labute approximate surface area is 191 Å². The number of hydrogen-bond donors (Lipinski definition) is 0. The van der Waals surface area contributed by atoms with Gasteiger partial charge >= 0.3 is 93.3 Å². The molecule has 28 heavy (non-hydrogen) atoms. The van der Waals surface area contributed by atoms with Crippen LogP contribution in [-0.4, -0.2) is 60.1 Å². The summed E-state index contributed by atoms with van der Waals surface area (Å²) in [6.07, 6.45) is 0. The van der Waals surface area contributed by atoms with Crippen LogP contribution >= 0.6 is 0 Å². The molecule has 0 aromatic heterocycles. The van der Waals surface area contributed by atoms with Crippen LogP contribution in [0.2, 0.25) is 0 Å². The minimum Gasteiger partial charge on any atom is -0.743 e. The van der Waals surface area contributed by atoms with E-state index in [2.05, 4.69) is 0 Å². The van der Waals surface area contributed by atoms with Crippen LogP contribution < -0.4 is 59.1 Å². The van der Waals surface area contributed by atoms with E-state index < -0.39 is 54.4 Å². The fourth-order valence-electron chi connectivity index (χ4n) is 1.07. The zero-order valence-electron chi connectivity index (χ0n) is 12.8. The molecule has 0 aliphatic carbocycles. The molecule has 0 heterocycles. The summed E-state index contributed by atoms with van der Waals surface area (Å²) in [4.78, 5) is 0. The van der Waals surface area contributed by atoms with E-state index in [0.29, 0.717) is 0 Å². The van der Waals surface area contributed by atoms with Crippen LogP contribution in [0.1, 0.15) is 0 Å². The molecule has 0 saturated heterocycles. The summed E-state index contributed by atoms with van der Waals surface area (Å²) < 4.78 is 212. The van der Waals surface area contributed by atoms with Crippen molar-refractivity contribution < 1.29 is 138 Å². The van der Waals surface area contributed by atoms with E-state index in [4.69, 9.17) is 0 Å². The molecule has 6 nitrogen and oxygen atoms in total. The van der Waals surface area contributed by atoms with Crippen molar-refractivity contribution in [1.82, 2.24) is 0 Å². The van der Waals surface area contributed by atoms with E-state index in [-0.39, 0.29) is 59.1 Å². The topological polar surface area (TPSA) is 114 Å². The van der Waals surface area contributed by atoms with Gasteiger partial charge in [0.15, 0.2) is 20.2 Å². The summed E-state index contributed by atoms with van der Waals surface area (Å²) in [7, 11) is -15.9. The van der Waals surface area contributed by atoms with Gasteiger partial charge in [-0.25, -0.2) is 16.8 Å². The second-order valence-corrected chi connectivity index (χ2v) is 7.08. The van der Waals surface area contributed by atoms with Gasteiger partial charge in [-0.1, -0.05) is 0 Å². The first-order valence-electron chi connectivity index (χ1n) is 4.93. The van der Waals surface area contributed by atoms with Crippen molar-refractivity contribution in [3.8, 4) is 0 Å². The van der Waals surface area contributed by atoms with Crippen LogP contribution in [0.15, 0.2) is 0 Å². The predicted octanol–water partition coefficient (Wildman–Crippen LogP) is -4.19. The summed E-state index contributed by atoms with van der Waals surface area (Å²) in [5.41, 5.74) is 0. The Kier molecular flexibility index (Phi) is 10.2. The fourth-order valence-corrected chi connectivity index (χ4v) is 1.96. The van der Waals surface area contributed by atoms with Gasteiger partial charge in [0.2, 0.25) is 0 Å². The third-order valence-electron chi connectivity index (χ3n) is 2.54. The number of rotatable bonds is 7. The SMILES string of the molecule is O=S(=O)([O-])C(F)(F)C(F)(F)C(F)(F)C(F)(F)C(F)(F)C(F)(F)S(=O)(=O)[O-].[Na+].[Na+]. The van der Waals surface area contributed by atoms with E-state index >= 15 is 0 Å². The van der Waals surface area contributed by atoms with E-state index in [1.54, 1.807) is 0 Å². The Morgan fingerprint density at radius 1 is 0.429 bits per heavy atom. The zero-order chi connectivity index (χ0) is 22.0. The van der Waals surface area contributed by atoms with Crippen molar-refractivity contribution in [3.63, 3.8) is 0 Å². The molecule has 0 aromatic rings. The van der Waals surface area contributed by atoms with Crippen molar-refractivity contribution in [2.75, 3.05) is 0 Å². The Hall–Kier alpha value is 0.980. The first-order valence-corrected chi connectivity index (χ1v) is 7.74. The van der Waals surface area contributed by atoms with Gasteiger partial charge in [0, 0.05) is 0 Å².